The second-order valence-electron chi connectivity index (χ2n) is 5.36. The summed E-state index contributed by atoms with van der Waals surface area (Å²) < 4.78 is 5.46. The molecule has 94 valence electrons. The van der Waals surface area contributed by atoms with E-state index in [9.17, 15) is 4.79 Å². The third-order valence-corrected chi connectivity index (χ3v) is 2.23. The van der Waals surface area contributed by atoms with Crippen LogP contribution in [0.1, 0.15) is 40.3 Å². The molecule has 17 heavy (non-hydrogen) atoms. The summed E-state index contributed by atoms with van der Waals surface area (Å²) in [7, 11) is 0. The lowest BCUT2D eigenvalue weighted by molar-refractivity contribution is -0.125. The topological polar surface area (TPSA) is 52.1 Å². The van der Waals surface area contributed by atoms with Crippen molar-refractivity contribution in [2.75, 3.05) is 0 Å². The molecule has 0 N–H and O–H groups in total. The van der Waals surface area contributed by atoms with Crippen LogP contribution < -0.4 is 4.74 Å². The first-order chi connectivity index (χ1) is 7.79. The summed E-state index contributed by atoms with van der Waals surface area (Å²) in [5, 5.41) is 0. The molecule has 0 saturated heterocycles. The standard InChI is InChI=1S/C13H20N2O2/c1-9(2)17-12-7-10(14-8-15-12)6-11(16)13(3,4)5/h7-9H,6H2,1-5H3. The number of carbonyl (C=O) groups is 1. The molecule has 0 fully saturated rings. The van der Waals surface area contributed by atoms with Crippen molar-refractivity contribution >= 4 is 5.78 Å². The maximum atomic E-state index is 11.9. The molecule has 0 spiro atoms. The molecule has 0 atom stereocenters. The SMILES string of the molecule is CC(C)Oc1cc(CC(=O)C(C)(C)C)ncn1. The van der Waals surface area contributed by atoms with Crippen molar-refractivity contribution in [2.24, 2.45) is 5.41 Å². The molecular formula is C13H20N2O2. The van der Waals surface area contributed by atoms with Gasteiger partial charge in [-0.1, -0.05) is 20.8 Å². The average Bonchev–Trinajstić information content (AvgIpc) is 2.15. The molecule has 0 aliphatic heterocycles. The maximum absolute atomic E-state index is 11.9. The van der Waals surface area contributed by atoms with Crippen LogP contribution in [0, 0.1) is 5.41 Å². The van der Waals surface area contributed by atoms with Crippen LogP contribution in [0.15, 0.2) is 12.4 Å². The van der Waals surface area contributed by atoms with Gasteiger partial charge in [0.05, 0.1) is 11.8 Å². The third-order valence-electron chi connectivity index (χ3n) is 2.23. The van der Waals surface area contributed by atoms with Gasteiger partial charge < -0.3 is 4.74 Å². The van der Waals surface area contributed by atoms with E-state index in [2.05, 4.69) is 9.97 Å². The Bertz CT molecular complexity index is 395. The highest BCUT2D eigenvalue weighted by Crippen LogP contribution is 2.18. The summed E-state index contributed by atoms with van der Waals surface area (Å²) in [5.74, 6) is 0.679. The minimum atomic E-state index is -0.343. The fraction of sp³-hybridized carbons (Fsp3) is 0.615. The van der Waals surface area contributed by atoms with Crippen molar-refractivity contribution in [3.63, 3.8) is 0 Å². The number of ketones is 1. The van der Waals surface area contributed by atoms with Gasteiger partial charge in [0, 0.05) is 17.9 Å². The van der Waals surface area contributed by atoms with E-state index in [1.54, 1.807) is 6.07 Å². The first-order valence-electron chi connectivity index (χ1n) is 5.80. The number of rotatable bonds is 4. The molecule has 1 rings (SSSR count). The van der Waals surface area contributed by atoms with Gasteiger partial charge in [-0.2, -0.15) is 0 Å². The number of carbonyl (C=O) groups excluding carboxylic acids is 1. The molecule has 1 aromatic rings. The molecule has 0 amide bonds. The van der Waals surface area contributed by atoms with E-state index < -0.39 is 0 Å². The van der Waals surface area contributed by atoms with Crippen LogP contribution in [0.5, 0.6) is 5.88 Å². The fourth-order valence-electron chi connectivity index (χ4n) is 1.21. The number of hydrogen-bond acceptors (Lipinski definition) is 4. The number of ether oxygens (including phenoxy) is 1. The lowest BCUT2D eigenvalue weighted by Crippen LogP contribution is -2.22. The summed E-state index contributed by atoms with van der Waals surface area (Å²) in [5.41, 5.74) is 0.361. The lowest BCUT2D eigenvalue weighted by Gasteiger charge is -2.16. The van der Waals surface area contributed by atoms with E-state index in [0.717, 1.165) is 0 Å². The first-order valence-corrected chi connectivity index (χ1v) is 5.80. The van der Waals surface area contributed by atoms with Crippen molar-refractivity contribution in [3.8, 4) is 5.88 Å². The molecule has 0 saturated carbocycles. The summed E-state index contributed by atoms with van der Waals surface area (Å²) in [6.07, 6.45) is 1.82. The zero-order chi connectivity index (χ0) is 13.1. The average molecular weight is 236 g/mol. The first kappa shape index (κ1) is 13.6. The molecule has 1 aromatic heterocycles. The molecule has 1 heterocycles. The molecule has 0 aromatic carbocycles. The van der Waals surface area contributed by atoms with Crippen LogP contribution in [0.3, 0.4) is 0 Å². The van der Waals surface area contributed by atoms with Gasteiger partial charge in [-0.25, -0.2) is 9.97 Å². The van der Waals surface area contributed by atoms with E-state index in [0.29, 0.717) is 18.0 Å². The Morgan fingerprint density at radius 2 is 2.00 bits per heavy atom. The van der Waals surface area contributed by atoms with E-state index in [1.807, 2.05) is 34.6 Å². The van der Waals surface area contributed by atoms with Crippen molar-refractivity contribution in [2.45, 2.75) is 47.1 Å². The van der Waals surface area contributed by atoms with Gasteiger partial charge in [0.25, 0.3) is 0 Å². The van der Waals surface area contributed by atoms with E-state index in [4.69, 9.17) is 4.74 Å². The van der Waals surface area contributed by atoms with Gasteiger partial charge in [0.1, 0.15) is 12.1 Å². The molecule has 0 radical (unpaired) electrons. The van der Waals surface area contributed by atoms with Gasteiger partial charge in [0.2, 0.25) is 5.88 Å². The quantitative estimate of drug-likeness (QED) is 0.805. The Labute approximate surface area is 102 Å². The highest BCUT2D eigenvalue weighted by atomic mass is 16.5. The second kappa shape index (κ2) is 5.25. The van der Waals surface area contributed by atoms with Crippen molar-refractivity contribution in [1.82, 2.24) is 9.97 Å². The smallest absolute Gasteiger partial charge is 0.216 e. The lowest BCUT2D eigenvalue weighted by atomic mass is 9.88. The molecule has 0 bridgehead atoms. The summed E-state index contributed by atoms with van der Waals surface area (Å²) >= 11 is 0. The van der Waals surface area contributed by atoms with Crippen molar-refractivity contribution < 1.29 is 9.53 Å². The molecular weight excluding hydrogens is 216 g/mol. The largest absolute Gasteiger partial charge is 0.475 e. The summed E-state index contributed by atoms with van der Waals surface area (Å²) in [4.78, 5) is 20.0. The van der Waals surface area contributed by atoms with Gasteiger partial charge >= 0.3 is 0 Å². The monoisotopic (exact) mass is 236 g/mol. The van der Waals surface area contributed by atoms with Crippen LogP contribution in [-0.2, 0) is 11.2 Å². The van der Waals surface area contributed by atoms with Crippen LogP contribution in [0.4, 0.5) is 0 Å². The zero-order valence-corrected chi connectivity index (χ0v) is 11.2. The summed E-state index contributed by atoms with van der Waals surface area (Å²) in [6, 6.07) is 1.73. The van der Waals surface area contributed by atoms with Crippen molar-refractivity contribution in [1.29, 1.82) is 0 Å². The highest BCUT2D eigenvalue weighted by Gasteiger charge is 2.21. The van der Waals surface area contributed by atoms with Crippen LogP contribution in [0.25, 0.3) is 0 Å². The normalized spacial score (nSPS) is 11.6. The Hall–Kier alpha value is -1.45. The zero-order valence-electron chi connectivity index (χ0n) is 11.2. The maximum Gasteiger partial charge on any atom is 0.216 e. The Morgan fingerprint density at radius 3 is 2.53 bits per heavy atom. The number of Topliss-reactive ketones (excluding diaryl/α,β-unsaturated/α-hetero) is 1. The van der Waals surface area contributed by atoms with E-state index in [1.165, 1.54) is 6.33 Å². The number of hydrogen-bond donors (Lipinski definition) is 0. The van der Waals surface area contributed by atoms with Gasteiger partial charge in [-0.05, 0) is 13.8 Å². The fourth-order valence-corrected chi connectivity index (χ4v) is 1.21. The van der Waals surface area contributed by atoms with E-state index >= 15 is 0 Å². The van der Waals surface area contributed by atoms with Crippen LogP contribution >= 0.6 is 0 Å². The van der Waals surface area contributed by atoms with Crippen molar-refractivity contribution in [3.05, 3.63) is 18.1 Å². The minimum Gasteiger partial charge on any atom is -0.475 e. The second-order valence-corrected chi connectivity index (χ2v) is 5.36. The number of nitrogens with zero attached hydrogens (tertiary/aromatic N) is 2. The highest BCUT2D eigenvalue weighted by molar-refractivity contribution is 5.85. The minimum absolute atomic E-state index is 0.0658. The Kier molecular flexibility index (Phi) is 4.21. The van der Waals surface area contributed by atoms with Gasteiger partial charge in [0.15, 0.2) is 0 Å². The molecule has 0 aliphatic carbocycles. The van der Waals surface area contributed by atoms with Gasteiger partial charge in [-0.3, -0.25) is 4.79 Å². The molecule has 0 unspecified atom stereocenters. The Morgan fingerprint density at radius 1 is 1.35 bits per heavy atom. The molecule has 0 aliphatic rings. The van der Waals surface area contributed by atoms with E-state index in [-0.39, 0.29) is 17.3 Å². The van der Waals surface area contributed by atoms with Crippen LogP contribution in [-0.4, -0.2) is 21.9 Å². The summed E-state index contributed by atoms with van der Waals surface area (Å²) in [6.45, 7) is 9.58. The predicted molar refractivity (Wildman–Crippen MR) is 66.0 cm³/mol. The predicted octanol–water partition coefficient (Wildman–Crippen LogP) is 2.42. The van der Waals surface area contributed by atoms with Gasteiger partial charge in [-0.15, -0.1) is 0 Å². The Balaban J connectivity index is 2.76. The molecule has 4 nitrogen and oxygen atoms in total. The third kappa shape index (κ3) is 4.51. The van der Waals surface area contributed by atoms with Crippen LogP contribution in [0.2, 0.25) is 0 Å². The molecule has 4 heteroatoms. The number of aromatic nitrogens is 2.